The molecule has 0 spiro atoms. The number of allylic oxidation sites excluding steroid dienone is 1. The van der Waals surface area contributed by atoms with Crippen molar-refractivity contribution in [3.8, 4) is 5.75 Å². The number of esters is 1. The predicted octanol–water partition coefficient (Wildman–Crippen LogP) is 3.95. The average Bonchev–Trinajstić information content (AvgIpc) is 2.50. The van der Waals surface area contributed by atoms with Gasteiger partial charge < -0.3 is 4.74 Å². The summed E-state index contributed by atoms with van der Waals surface area (Å²) in [5.74, 6) is 0.542. The number of hydrogen-bond donors (Lipinski definition) is 0. The fraction of sp³-hybridized carbons (Fsp3) is 0.211. The Bertz CT molecular complexity index is 660. The van der Waals surface area contributed by atoms with Gasteiger partial charge in [-0.15, -0.1) is 6.58 Å². The summed E-state index contributed by atoms with van der Waals surface area (Å²) in [7, 11) is 0. The van der Waals surface area contributed by atoms with Crippen LogP contribution in [0.2, 0.25) is 0 Å². The highest BCUT2D eigenvalue weighted by atomic mass is 16.5. The standard InChI is InChI=1S/C19H18O2/c1-2-12-19(13-15-8-4-3-5-9-15)14-16-10-6-7-11-17(16)21-18(19)20/h2-11H,1,12-14H2/t19-/m0/s1. The second-order valence-electron chi connectivity index (χ2n) is 5.61. The molecule has 2 aromatic carbocycles. The van der Waals surface area contributed by atoms with Gasteiger partial charge in [0.2, 0.25) is 0 Å². The molecule has 2 nitrogen and oxygen atoms in total. The lowest BCUT2D eigenvalue weighted by atomic mass is 9.72. The van der Waals surface area contributed by atoms with Crippen LogP contribution in [-0.2, 0) is 17.6 Å². The molecule has 0 saturated carbocycles. The molecule has 21 heavy (non-hydrogen) atoms. The van der Waals surface area contributed by atoms with Crippen LogP contribution in [0, 0.1) is 5.41 Å². The van der Waals surface area contributed by atoms with Crippen LogP contribution in [0.1, 0.15) is 17.5 Å². The second-order valence-corrected chi connectivity index (χ2v) is 5.61. The van der Waals surface area contributed by atoms with Crippen molar-refractivity contribution < 1.29 is 9.53 Å². The maximum absolute atomic E-state index is 12.6. The molecule has 106 valence electrons. The topological polar surface area (TPSA) is 26.3 Å². The summed E-state index contributed by atoms with van der Waals surface area (Å²) in [4.78, 5) is 12.6. The summed E-state index contributed by atoms with van der Waals surface area (Å²) in [6, 6.07) is 17.9. The van der Waals surface area contributed by atoms with Gasteiger partial charge >= 0.3 is 5.97 Å². The molecule has 0 radical (unpaired) electrons. The van der Waals surface area contributed by atoms with Crippen molar-refractivity contribution in [3.63, 3.8) is 0 Å². The van der Waals surface area contributed by atoms with Gasteiger partial charge in [0, 0.05) is 0 Å². The number of carbonyl (C=O) groups is 1. The highest BCUT2D eigenvalue weighted by Crippen LogP contribution is 2.40. The first-order chi connectivity index (χ1) is 10.2. The molecule has 2 aromatic rings. The van der Waals surface area contributed by atoms with E-state index in [0.29, 0.717) is 25.0 Å². The van der Waals surface area contributed by atoms with Crippen molar-refractivity contribution >= 4 is 5.97 Å². The molecule has 0 saturated heterocycles. The molecule has 0 N–H and O–H groups in total. The van der Waals surface area contributed by atoms with Crippen molar-refractivity contribution in [2.45, 2.75) is 19.3 Å². The molecule has 0 aromatic heterocycles. The SMILES string of the molecule is C=CC[C@]1(Cc2ccccc2)Cc2ccccc2OC1=O. The molecule has 0 aliphatic carbocycles. The Labute approximate surface area is 125 Å². The first kappa shape index (κ1) is 13.6. The maximum atomic E-state index is 12.6. The smallest absolute Gasteiger partial charge is 0.318 e. The number of ether oxygens (including phenoxy) is 1. The Morgan fingerprint density at radius 3 is 2.57 bits per heavy atom. The van der Waals surface area contributed by atoms with Crippen LogP contribution >= 0.6 is 0 Å². The largest absolute Gasteiger partial charge is 0.426 e. The van der Waals surface area contributed by atoms with Gasteiger partial charge in [-0.05, 0) is 36.5 Å². The highest BCUT2D eigenvalue weighted by Gasteiger charge is 2.43. The highest BCUT2D eigenvalue weighted by molar-refractivity contribution is 5.82. The number of rotatable bonds is 4. The van der Waals surface area contributed by atoms with Crippen molar-refractivity contribution in [2.24, 2.45) is 5.41 Å². The summed E-state index contributed by atoms with van der Waals surface area (Å²) in [6.07, 6.45) is 3.81. The molecule has 0 fully saturated rings. The predicted molar refractivity (Wildman–Crippen MR) is 83.2 cm³/mol. The summed E-state index contributed by atoms with van der Waals surface area (Å²) in [6.45, 7) is 3.82. The monoisotopic (exact) mass is 278 g/mol. The van der Waals surface area contributed by atoms with E-state index in [2.05, 4.69) is 18.7 Å². The van der Waals surface area contributed by atoms with Gasteiger partial charge in [0.1, 0.15) is 5.75 Å². The van der Waals surface area contributed by atoms with Gasteiger partial charge in [-0.3, -0.25) is 4.79 Å². The molecule has 3 rings (SSSR count). The summed E-state index contributed by atoms with van der Waals surface area (Å²) >= 11 is 0. The molecule has 1 aliphatic rings. The quantitative estimate of drug-likeness (QED) is 0.481. The molecule has 1 heterocycles. The van der Waals surface area contributed by atoms with E-state index >= 15 is 0 Å². The normalized spacial score (nSPS) is 20.5. The van der Waals surface area contributed by atoms with Crippen LogP contribution < -0.4 is 4.74 Å². The fourth-order valence-corrected chi connectivity index (χ4v) is 3.02. The Balaban J connectivity index is 1.98. The van der Waals surface area contributed by atoms with Crippen molar-refractivity contribution in [2.75, 3.05) is 0 Å². The minimum absolute atomic E-state index is 0.148. The Kier molecular flexibility index (Phi) is 3.61. The third-order valence-electron chi connectivity index (χ3n) is 4.06. The zero-order valence-corrected chi connectivity index (χ0v) is 11.9. The van der Waals surface area contributed by atoms with E-state index in [1.165, 1.54) is 0 Å². The number of carbonyl (C=O) groups excluding carboxylic acids is 1. The summed E-state index contributed by atoms with van der Waals surface area (Å²) in [5.41, 5.74) is 1.70. The zero-order valence-electron chi connectivity index (χ0n) is 11.9. The van der Waals surface area contributed by atoms with Crippen LogP contribution in [0.3, 0.4) is 0 Å². The lowest BCUT2D eigenvalue weighted by Gasteiger charge is -2.35. The van der Waals surface area contributed by atoms with E-state index < -0.39 is 5.41 Å². The lowest BCUT2D eigenvalue weighted by Crippen LogP contribution is -2.41. The van der Waals surface area contributed by atoms with Crippen LogP contribution in [0.25, 0.3) is 0 Å². The average molecular weight is 278 g/mol. The summed E-state index contributed by atoms with van der Waals surface area (Å²) < 4.78 is 5.59. The molecule has 0 bridgehead atoms. The Morgan fingerprint density at radius 1 is 1.10 bits per heavy atom. The van der Waals surface area contributed by atoms with E-state index in [1.807, 2.05) is 48.5 Å². The van der Waals surface area contributed by atoms with Crippen LogP contribution in [0.15, 0.2) is 67.3 Å². The third-order valence-corrected chi connectivity index (χ3v) is 4.06. The van der Waals surface area contributed by atoms with Gasteiger partial charge in [-0.1, -0.05) is 54.6 Å². The fourth-order valence-electron chi connectivity index (χ4n) is 3.02. The maximum Gasteiger partial charge on any atom is 0.318 e. The number of para-hydroxylation sites is 1. The van der Waals surface area contributed by atoms with Crippen molar-refractivity contribution in [1.82, 2.24) is 0 Å². The molecule has 0 unspecified atom stereocenters. The number of fused-ring (bicyclic) bond motifs is 1. The van der Waals surface area contributed by atoms with Crippen LogP contribution in [0.5, 0.6) is 5.75 Å². The third kappa shape index (κ3) is 2.62. The molecule has 1 aliphatic heterocycles. The van der Waals surface area contributed by atoms with Crippen LogP contribution in [0.4, 0.5) is 0 Å². The van der Waals surface area contributed by atoms with Gasteiger partial charge in [0.25, 0.3) is 0 Å². The molecular weight excluding hydrogens is 260 g/mol. The van der Waals surface area contributed by atoms with Gasteiger partial charge in [-0.2, -0.15) is 0 Å². The van der Waals surface area contributed by atoms with E-state index in [0.717, 1.165) is 11.1 Å². The number of hydrogen-bond acceptors (Lipinski definition) is 2. The van der Waals surface area contributed by atoms with Gasteiger partial charge in [-0.25, -0.2) is 0 Å². The minimum atomic E-state index is -0.544. The molecule has 1 atom stereocenters. The van der Waals surface area contributed by atoms with E-state index in [-0.39, 0.29) is 5.97 Å². The van der Waals surface area contributed by atoms with E-state index in [4.69, 9.17) is 4.74 Å². The first-order valence-electron chi connectivity index (χ1n) is 7.18. The summed E-state index contributed by atoms with van der Waals surface area (Å²) in [5, 5.41) is 0. The molecular formula is C19H18O2. The first-order valence-corrected chi connectivity index (χ1v) is 7.18. The number of benzene rings is 2. The zero-order chi connectivity index (χ0) is 14.7. The van der Waals surface area contributed by atoms with E-state index in [9.17, 15) is 4.79 Å². The minimum Gasteiger partial charge on any atom is -0.426 e. The van der Waals surface area contributed by atoms with Gasteiger partial charge in [0.15, 0.2) is 0 Å². The van der Waals surface area contributed by atoms with Crippen molar-refractivity contribution in [1.29, 1.82) is 0 Å². The Hall–Kier alpha value is -2.35. The lowest BCUT2D eigenvalue weighted by molar-refractivity contribution is -0.147. The second kappa shape index (κ2) is 5.57. The molecule has 0 amide bonds. The Morgan fingerprint density at radius 2 is 1.81 bits per heavy atom. The molecule has 2 heteroatoms. The van der Waals surface area contributed by atoms with Crippen molar-refractivity contribution in [3.05, 3.63) is 78.4 Å². The van der Waals surface area contributed by atoms with Gasteiger partial charge in [0.05, 0.1) is 5.41 Å². The van der Waals surface area contributed by atoms with Crippen LogP contribution in [-0.4, -0.2) is 5.97 Å². The van der Waals surface area contributed by atoms with E-state index in [1.54, 1.807) is 0 Å².